The van der Waals surface area contributed by atoms with E-state index in [4.69, 9.17) is 5.73 Å². The standard InChI is InChI=1S/C13H15N5O2/c14-7-2-8-15-13-6-5-12(16-17-13)10-3-1-4-11(9-10)18(19)20/h1,3-6,9H,2,7-8,14H2,(H,15,17). The average molecular weight is 273 g/mol. The molecule has 0 aliphatic carbocycles. The zero-order valence-corrected chi connectivity index (χ0v) is 10.8. The van der Waals surface area contributed by atoms with Crippen LogP contribution in [-0.2, 0) is 0 Å². The Morgan fingerprint density at radius 1 is 1.25 bits per heavy atom. The number of hydrogen-bond acceptors (Lipinski definition) is 6. The van der Waals surface area contributed by atoms with Crippen molar-refractivity contribution in [2.24, 2.45) is 5.73 Å². The number of nitrogens with zero attached hydrogens (tertiary/aromatic N) is 3. The molecular weight excluding hydrogens is 258 g/mol. The Morgan fingerprint density at radius 3 is 2.75 bits per heavy atom. The number of rotatable bonds is 6. The predicted molar refractivity (Wildman–Crippen MR) is 76.3 cm³/mol. The molecule has 0 fully saturated rings. The molecule has 0 unspecified atom stereocenters. The Labute approximate surface area is 116 Å². The van der Waals surface area contributed by atoms with Gasteiger partial charge in [-0.1, -0.05) is 12.1 Å². The van der Waals surface area contributed by atoms with Crippen molar-refractivity contribution in [1.82, 2.24) is 10.2 Å². The van der Waals surface area contributed by atoms with E-state index >= 15 is 0 Å². The normalized spacial score (nSPS) is 10.2. The van der Waals surface area contributed by atoms with Gasteiger partial charge in [0.1, 0.15) is 5.82 Å². The molecule has 2 aromatic rings. The van der Waals surface area contributed by atoms with Crippen LogP contribution >= 0.6 is 0 Å². The molecule has 0 saturated heterocycles. The molecule has 1 aromatic heterocycles. The Hall–Kier alpha value is -2.54. The van der Waals surface area contributed by atoms with Gasteiger partial charge >= 0.3 is 0 Å². The van der Waals surface area contributed by atoms with Gasteiger partial charge in [-0.05, 0) is 25.1 Å². The number of hydrogen-bond donors (Lipinski definition) is 2. The van der Waals surface area contributed by atoms with Crippen molar-refractivity contribution in [2.45, 2.75) is 6.42 Å². The second-order valence-corrected chi connectivity index (χ2v) is 4.18. The Kier molecular flexibility index (Phi) is 4.56. The van der Waals surface area contributed by atoms with Crippen LogP contribution in [0.1, 0.15) is 6.42 Å². The van der Waals surface area contributed by atoms with Crippen LogP contribution < -0.4 is 11.1 Å². The van der Waals surface area contributed by atoms with Crippen LogP contribution in [0.3, 0.4) is 0 Å². The van der Waals surface area contributed by atoms with Crippen LogP contribution in [0.25, 0.3) is 11.3 Å². The van der Waals surface area contributed by atoms with Gasteiger partial charge in [0.25, 0.3) is 5.69 Å². The molecule has 1 heterocycles. The van der Waals surface area contributed by atoms with E-state index in [0.29, 0.717) is 23.6 Å². The summed E-state index contributed by atoms with van der Waals surface area (Å²) in [4.78, 5) is 10.3. The van der Waals surface area contributed by atoms with Crippen LogP contribution in [-0.4, -0.2) is 28.2 Å². The zero-order valence-electron chi connectivity index (χ0n) is 10.8. The lowest BCUT2D eigenvalue weighted by atomic mass is 10.1. The molecule has 0 spiro atoms. The summed E-state index contributed by atoms with van der Waals surface area (Å²) in [5, 5.41) is 21.9. The van der Waals surface area contributed by atoms with Crippen molar-refractivity contribution >= 4 is 11.5 Å². The van der Waals surface area contributed by atoms with E-state index in [0.717, 1.165) is 13.0 Å². The largest absolute Gasteiger partial charge is 0.369 e. The number of anilines is 1. The fourth-order valence-electron chi connectivity index (χ4n) is 1.68. The topological polar surface area (TPSA) is 107 Å². The highest BCUT2D eigenvalue weighted by Gasteiger charge is 2.08. The lowest BCUT2D eigenvalue weighted by Crippen LogP contribution is -2.09. The molecule has 0 amide bonds. The smallest absolute Gasteiger partial charge is 0.270 e. The van der Waals surface area contributed by atoms with Crippen molar-refractivity contribution in [1.29, 1.82) is 0 Å². The van der Waals surface area contributed by atoms with E-state index in [-0.39, 0.29) is 5.69 Å². The summed E-state index contributed by atoms with van der Waals surface area (Å²) in [7, 11) is 0. The van der Waals surface area contributed by atoms with Gasteiger partial charge in [-0.2, -0.15) is 0 Å². The first-order chi connectivity index (χ1) is 9.70. The summed E-state index contributed by atoms with van der Waals surface area (Å²) in [5.74, 6) is 0.660. The summed E-state index contributed by atoms with van der Waals surface area (Å²) in [6.45, 7) is 1.35. The molecule has 7 heteroatoms. The van der Waals surface area contributed by atoms with Crippen molar-refractivity contribution < 1.29 is 4.92 Å². The highest BCUT2D eigenvalue weighted by Crippen LogP contribution is 2.22. The summed E-state index contributed by atoms with van der Waals surface area (Å²) in [6, 6.07) is 9.88. The van der Waals surface area contributed by atoms with E-state index in [1.165, 1.54) is 12.1 Å². The molecule has 7 nitrogen and oxygen atoms in total. The highest BCUT2D eigenvalue weighted by atomic mass is 16.6. The first kappa shape index (κ1) is 13.9. The minimum Gasteiger partial charge on any atom is -0.369 e. The van der Waals surface area contributed by atoms with Gasteiger partial charge in [-0.15, -0.1) is 10.2 Å². The van der Waals surface area contributed by atoms with Crippen LogP contribution in [0.15, 0.2) is 36.4 Å². The maximum absolute atomic E-state index is 10.7. The lowest BCUT2D eigenvalue weighted by Gasteiger charge is -2.04. The van der Waals surface area contributed by atoms with Crippen molar-refractivity contribution in [3.63, 3.8) is 0 Å². The number of benzene rings is 1. The molecule has 104 valence electrons. The molecule has 0 aliphatic rings. The molecule has 2 rings (SSSR count). The maximum Gasteiger partial charge on any atom is 0.270 e. The van der Waals surface area contributed by atoms with Gasteiger partial charge in [0.05, 0.1) is 10.6 Å². The molecule has 0 atom stereocenters. The van der Waals surface area contributed by atoms with E-state index in [9.17, 15) is 10.1 Å². The SMILES string of the molecule is NCCCNc1ccc(-c2cccc([N+](=O)[O-])c2)nn1. The molecular formula is C13H15N5O2. The fourth-order valence-corrected chi connectivity index (χ4v) is 1.68. The molecule has 0 saturated carbocycles. The highest BCUT2D eigenvalue weighted by molar-refractivity contribution is 5.62. The van der Waals surface area contributed by atoms with Gasteiger partial charge in [-0.25, -0.2) is 0 Å². The van der Waals surface area contributed by atoms with E-state index < -0.39 is 4.92 Å². The molecule has 20 heavy (non-hydrogen) atoms. The quantitative estimate of drug-likeness (QED) is 0.472. The third kappa shape index (κ3) is 3.48. The second kappa shape index (κ2) is 6.58. The van der Waals surface area contributed by atoms with Crippen LogP contribution in [0.2, 0.25) is 0 Å². The lowest BCUT2D eigenvalue weighted by molar-refractivity contribution is -0.384. The number of nitrogens with two attached hydrogens (primary N) is 1. The molecule has 3 N–H and O–H groups in total. The number of aromatic nitrogens is 2. The number of nitro groups is 1. The summed E-state index contributed by atoms with van der Waals surface area (Å²) in [5.41, 5.74) is 6.70. The summed E-state index contributed by atoms with van der Waals surface area (Å²) < 4.78 is 0. The number of nitrogens with one attached hydrogen (secondary N) is 1. The monoisotopic (exact) mass is 273 g/mol. The van der Waals surface area contributed by atoms with Crippen molar-refractivity contribution in [3.05, 3.63) is 46.5 Å². The molecule has 0 radical (unpaired) electrons. The van der Waals surface area contributed by atoms with Crippen molar-refractivity contribution in [2.75, 3.05) is 18.4 Å². The Bertz CT molecular complexity index is 586. The Morgan fingerprint density at radius 2 is 2.10 bits per heavy atom. The predicted octanol–water partition coefficient (Wildman–Crippen LogP) is 1.81. The number of non-ortho nitro benzene ring substituents is 1. The minimum atomic E-state index is -0.431. The van der Waals surface area contributed by atoms with Gasteiger partial charge in [0.15, 0.2) is 0 Å². The second-order valence-electron chi connectivity index (χ2n) is 4.18. The van der Waals surface area contributed by atoms with Gasteiger partial charge in [0, 0.05) is 24.2 Å². The number of nitro benzene ring substituents is 1. The van der Waals surface area contributed by atoms with Gasteiger partial charge in [-0.3, -0.25) is 10.1 Å². The third-order valence-electron chi connectivity index (χ3n) is 2.70. The van der Waals surface area contributed by atoms with E-state index in [1.807, 2.05) is 0 Å². The zero-order chi connectivity index (χ0) is 14.4. The average Bonchev–Trinajstić information content (AvgIpc) is 2.48. The molecule has 0 aliphatic heterocycles. The van der Waals surface area contributed by atoms with Gasteiger partial charge in [0.2, 0.25) is 0 Å². The van der Waals surface area contributed by atoms with Gasteiger partial charge < -0.3 is 11.1 Å². The van der Waals surface area contributed by atoms with E-state index in [2.05, 4.69) is 15.5 Å². The van der Waals surface area contributed by atoms with E-state index in [1.54, 1.807) is 24.3 Å². The maximum atomic E-state index is 10.7. The first-order valence-corrected chi connectivity index (χ1v) is 6.23. The minimum absolute atomic E-state index is 0.0365. The van der Waals surface area contributed by atoms with Crippen LogP contribution in [0.4, 0.5) is 11.5 Å². The van der Waals surface area contributed by atoms with Crippen LogP contribution in [0.5, 0.6) is 0 Å². The van der Waals surface area contributed by atoms with Crippen LogP contribution in [0, 0.1) is 10.1 Å². The fraction of sp³-hybridized carbons (Fsp3) is 0.231. The molecule has 1 aromatic carbocycles. The Balaban J connectivity index is 2.13. The van der Waals surface area contributed by atoms with Crippen molar-refractivity contribution in [3.8, 4) is 11.3 Å². The molecule has 0 bridgehead atoms. The summed E-state index contributed by atoms with van der Waals surface area (Å²) >= 11 is 0. The summed E-state index contributed by atoms with van der Waals surface area (Å²) in [6.07, 6.45) is 0.855. The third-order valence-corrected chi connectivity index (χ3v) is 2.70. The first-order valence-electron chi connectivity index (χ1n) is 6.23.